The summed E-state index contributed by atoms with van der Waals surface area (Å²) in [4.78, 5) is 19.8. The number of carbonyl (C=O) groups is 1. The molecule has 1 saturated heterocycles. The summed E-state index contributed by atoms with van der Waals surface area (Å²) in [5.41, 5.74) is 3.74. The van der Waals surface area contributed by atoms with E-state index in [1.54, 1.807) is 23.1 Å². The van der Waals surface area contributed by atoms with E-state index in [1.807, 2.05) is 48.5 Å². The molecule has 1 aromatic heterocycles. The number of hydrogen-bond donors (Lipinski definition) is 0. The van der Waals surface area contributed by atoms with E-state index in [1.165, 1.54) is 10.4 Å². The van der Waals surface area contributed by atoms with E-state index in [9.17, 15) is 13.2 Å². The molecule has 3 heterocycles. The van der Waals surface area contributed by atoms with Crippen molar-refractivity contribution in [2.45, 2.75) is 30.1 Å². The predicted molar refractivity (Wildman–Crippen MR) is 133 cm³/mol. The molecule has 0 spiro atoms. The SMILES string of the molecule is O=C(c1cccc(S(=O)(=O)N2CCc3ccccc32)c1)N1CCC(c2nc3ccccc3o2)CC1. The highest BCUT2D eigenvalue weighted by Crippen LogP contribution is 2.34. The molecule has 2 aliphatic rings. The van der Waals surface area contributed by atoms with Crippen LogP contribution in [0.3, 0.4) is 0 Å². The Kier molecular flexibility index (Phi) is 5.33. The van der Waals surface area contributed by atoms with Crippen molar-refractivity contribution in [2.24, 2.45) is 0 Å². The molecule has 35 heavy (non-hydrogen) atoms. The standard InChI is InChI=1S/C27H25N3O4S/c31-27(29-15-12-20(13-16-29)26-28-23-9-2-4-11-25(23)34-26)21-7-5-8-22(18-21)35(32,33)30-17-14-19-6-1-3-10-24(19)30/h1-11,18,20H,12-17H2. The first kappa shape index (κ1) is 21.9. The largest absolute Gasteiger partial charge is 0.440 e. The number of nitrogens with zero attached hydrogens (tertiary/aromatic N) is 3. The number of fused-ring (bicyclic) bond motifs is 2. The second-order valence-electron chi connectivity index (χ2n) is 9.07. The first-order valence-electron chi connectivity index (χ1n) is 11.9. The van der Waals surface area contributed by atoms with Crippen LogP contribution in [0.15, 0.2) is 82.1 Å². The number of likely N-dealkylation sites (tertiary alicyclic amines) is 1. The maximum atomic E-state index is 13.4. The smallest absolute Gasteiger partial charge is 0.264 e. The number of carbonyl (C=O) groups excluding carboxylic acids is 1. The van der Waals surface area contributed by atoms with Crippen LogP contribution in [0.5, 0.6) is 0 Å². The Labute approximate surface area is 204 Å². The summed E-state index contributed by atoms with van der Waals surface area (Å²) in [6.45, 7) is 1.54. The maximum Gasteiger partial charge on any atom is 0.264 e. The molecular formula is C27H25N3O4S. The van der Waals surface area contributed by atoms with Gasteiger partial charge in [0.25, 0.3) is 15.9 Å². The predicted octanol–water partition coefficient (Wildman–Crippen LogP) is 4.60. The second kappa shape index (κ2) is 8.53. The molecule has 0 unspecified atom stereocenters. The van der Waals surface area contributed by atoms with Gasteiger partial charge in [0, 0.05) is 31.1 Å². The van der Waals surface area contributed by atoms with Gasteiger partial charge >= 0.3 is 0 Å². The van der Waals surface area contributed by atoms with Gasteiger partial charge in [0.05, 0.1) is 10.6 Å². The fourth-order valence-corrected chi connectivity index (χ4v) is 6.60. The highest BCUT2D eigenvalue weighted by molar-refractivity contribution is 7.92. The van der Waals surface area contributed by atoms with Crippen LogP contribution in [0.1, 0.15) is 40.6 Å². The maximum absolute atomic E-state index is 13.4. The van der Waals surface area contributed by atoms with Gasteiger partial charge in [0.15, 0.2) is 11.5 Å². The summed E-state index contributed by atoms with van der Waals surface area (Å²) in [6, 6.07) is 21.7. The molecule has 0 N–H and O–H groups in total. The number of sulfonamides is 1. The van der Waals surface area contributed by atoms with Crippen LogP contribution < -0.4 is 4.31 Å². The number of hydrogen-bond acceptors (Lipinski definition) is 5. The van der Waals surface area contributed by atoms with Crippen LogP contribution in [0.25, 0.3) is 11.1 Å². The summed E-state index contributed by atoms with van der Waals surface area (Å²) in [7, 11) is -3.75. The molecule has 8 heteroatoms. The van der Waals surface area contributed by atoms with Crippen molar-refractivity contribution in [3.63, 3.8) is 0 Å². The van der Waals surface area contributed by atoms with Gasteiger partial charge in [-0.2, -0.15) is 0 Å². The number of anilines is 1. The van der Waals surface area contributed by atoms with Gasteiger partial charge < -0.3 is 9.32 Å². The van der Waals surface area contributed by atoms with Crippen molar-refractivity contribution < 1.29 is 17.6 Å². The Hall–Kier alpha value is -3.65. The average molecular weight is 488 g/mol. The van der Waals surface area contributed by atoms with E-state index in [4.69, 9.17) is 4.42 Å². The van der Waals surface area contributed by atoms with Crippen LogP contribution in [0.4, 0.5) is 5.69 Å². The topological polar surface area (TPSA) is 83.7 Å². The fraction of sp³-hybridized carbons (Fsp3) is 0.259. The second-order valence-corrected chi connectivity index (χ2v) is 10.9. The Bertz CT molecular complexity index is 1490. The molecule has 178 valence electrons. The van der Waals surface area contributed by atoms with Crippen molar-refractivity contribution in [3.05, 3.63) is 89.8 Å². The average Bonchev–Trinajstić information content (AvgIpc) is 3.53. The van der Waals surface area contributed by atoms with Crippen molar-refractivity contribution in [2.75, 3.05) is 23.9 Å². The van der Waals surface area contributed by atoms with Gasteiger partial charge in [-0.3, -0.25) is 9.10 Å². The Morgan fingerprint density at radius 1 is 0.914 bits per heavy atom. The van der Waals surface area contributed by atoms with Gasteiger partial charge in [0.1, 0.15) is 5.52 Å². The first-order valence-corrected chi connectivity index (χ1v) is 13.3. The van der Waals surface area contributed by atoms with Crippen LogP contribution in [0.2, 0.25) is 0 Å². The summed E-state index contributed by atoms with van der Waals surface area (Å²) >= 11 is 0. The molecule has 7 nitrogen and oxygen atoms in total. The number of para-hydroxylation sites is 3. The monoisotopic (exact) mass is 487 g/mol. The molecule has 3 aromatic carbocycles. The van der Waals surface area contributed by atoms with Gasteiger partial charge in [-0.25, -0.2) is 13.4 Å². The minimum absolute atomic E-state index is 0.140. The van der Waals surface area contributed by atoms with Crippen LogP contribution in [0, 0.1) is 0 Å². The lowest BCUT2D eigenvalue weighted by Crippen LogP contribution is -2.38. The number of oxazole rings is 1. The first-order chi connectivity index (χ1) is 17.0. The number of amides is 1. The Morgan fingerprint density at radius 2 is 1.69 bits per heavy atom. The summed E-state index contributed by atoms with van der Waals surface area (Å²) < 4.78 is 34.2. The molecule has 6 rings (SSSR count). The van der Waals surface area contributed by atoms with Gasteiger partial charge in [-0.05, 0) is 61.2 Å². The zero-order chi connectivity index (χ0) is 24.0. The third-order valence-electron chi connectivity index (χ3n) is 6.96. The summed E-state index contributed by atoms with van der Waals surface area (Å²) in [5, 5.41) is 0. The molecule has 0 bridgehead atoms. The quantitative estimate of drug-likeness (QED) is 0.420. The van der Waals surface area contributed by atoms with Crippen molar-refractivity contribution in [1.29, 1.82) is 0 Å². The molecular weight excluding hydrogens is 462 g/mol. The van der Waals surface area contributed by atoms with Crippen molar-refractivity contribution in [3.8, 4) is 0 Å². The van der Waals surface area contributed by atoms with Gasteiger partial charge in [-0.1, -0.05) is 36.4 Å². The minimum Gasteiger partial charge on any atom is -0.440 e. The Morgan fingerprint density at radius 3 is 2.51 bits per heavy atom. The molecule has 0 aliphatic carbocycles. The third-order valence-corrected chi connectivity index (χ3v) is 8.76. The van der Waals surface area contributed by atoms with E-state index >= 15 is 0 Å². The molecule has 4 aromatic rings. The molecule has 0 saturated carbocycles. The minimum atomic E-state index is -3.75. The number of piperidine rings is 1. The summed E-state index contributed by atoms with van der Waals surface area (Å²) in [5.74, 6) is 0.727. The van der Waals surface area contributed by atoms with Gasteiger partial charge in [0.2, 0.25) is 0 Å². The van der Waals surface area contributed by atoms with Crippen molar-refractivity contribution in [1.82, 2.24) is 9.88 Å². The lowest BCUT2D eigenvalue weighted by molar-refractivity contribution is 0.0706. The molecule has 1 fully saturated rings. The van der Waals surface area contributed by atoms with E-state index < -0.39 is 10.0 Å². The van der Waals surface area contributed by atoms with E-state index in [0.717, 1.165) is 35.4 Å². The fourth-order valence-electron chi connectivity index (χ4n) is 5.05. The number of aromatic nitrogens is 1. The normalized spacial score (nSPS) is 16.6. The highest BCUT2D eigenvalue weighted by atomic mass is 32.2. The van der Waals surface area contributed by atoms with E-state index in [-0.39, 0.29) is 16.7 Å². The lowest BCUT2D eigenvalue weighted by atomic mass is 9.96. The third kappa shape index (κ3) is 3.87. The lowest BCUT2D eigenvalue weighted by Gasteiger charge is -2.30. The molecule has 1 amide bonds. The summed E-state index contributed by atoms with van der Waals surface area (Å²) in [6.07, 6.45) is 2.19. The van der Waals surface area contributed by atoms with Crippen molar-refractivity contribution >= 4 is 32.7 Å². The van der Waals surface area contributed by atoms with E-state index in [0.29, 0.717) is 37.3 Å². The zero-order valence-corrected chi connectivity index (χ0v) is 19.9. The van der Waals surface area contributed by atoms with Crippen LogP contribution >= 0.6 is 0 Å². The zero-order valence-electron chi connectivity index (χ0n) is 19.1. The van der Waals surface area contributed by atoms with Crippen LogP contribution in [-0.4, -0.2) is 43.8 Å². The Balaban J connectivity index is 1.18. The van der Waals surface area contributed by atoms with Crippen LogP contribution in [-0.2, 0) is 16.4 Å². The molecule has 2 aliphatic heterocycles. The molecule has 0 atom stereocenters. The number of benzene rings is 3. The highest BCUT2D eigenvalue weighted by Gasteiger charge is 2.32. The van der Waals surface area contributed by atoms with E-state index in [2.05, 4.69) is 4.98 Å². The molecule has 0 radical (unpaired) electrons. The number of rotatable bonds is 4. The van der Waals surface area contributed by atoms with Gasteiger partial charge in [-0.15, -0.1) is 0 Å².